The summed E-state index contributed by atoms with van der Waals surface area (Å²) in [5, 5.41) is 14.2. The van der Waals surface area contributed by atoms with Gasteiger partial charge in [0.25, 0.3) is 0 Å². The van der Waals surface area contributed by atoms with Gasteiger partial charge >= 0.3 is 0 Å². The fourth-order valence-corrected chi connectivity index (χ4v) is 3.64. The molecule has 1 aliphatic heterocycles. The first kappa shape index (κ1) is 15.6. The molecule has 1 saturated heterocycles. The van der Waals surface area contributed by atoms with Crippen LogP contribution < -0.4 is 5.32 Å². The van der Waals surface area contributed by atoms with Crippen LogP contribution in [-0.4, -0.2) is 36.5 Å². The summed E-state index contributed by atoms with van der Waals surface area (Å²) < 4.78 is 5.40. The number of hydrogen-bond acceptors (Lipinski definition) is 5. The molecule has 2 heterocycles. The molecule has 5 heteroatoms. The van der Waals surface area contributed by atoms with Crippen LogP contribution in [0.2, 0.25) is 0 Å². The summed E-state index contributed by atoms with van der Waals surface area (Å²) in [5.41, 5.74) is 1.14. The number of aliphatic hydroxyl groups excluding tert-OH is 1. The lowest BCUT2D eigenvalue weighted by atomic mass is 9.81. The zero-order valence-electron chi connectivity index (χ0n) is 12.6. The molecule has 0 bridgehead atoms. The van der Waals surface area contributed by atoms with Crippen LogP contribution in [-0.2, 0) is 11.3 Å². The van der Waals surface area contributed by atoms with Gasteiger partial charge in [-0.15, -0.1) is 11.3 Å². The van der Waals surface area contributed by atoms with E-state index in [1.54, 1.807) is 11.3 Å². The van der Waals surface area contributed by atoms with E-state index >= 15 is 0 Å². The summed E-state index contributed by atoms with van der Waals surface area (Å²) in [7, 11) is 0. The van der Waals surface area contributed by atoms with Gasteiger partial charge in [-0.25, -0.2) is 4.98 Å². The van der Waals surface area contributed by atoms with Crippen LogP contribution in [0.15, 0.2) is 36.5 Å². The molecule has 0 atom stereocenters. The van der Waals surface area contributed by atoms with Crippen molar-refractivity contribution in [3.63, 3.8) is 0 Å². The second-order valence-electron chi connectivity index (χ2n) is 5.87. The van der Waals surface area contributed by atoms with Gasteiger partial charge in [0, 0.05) is 48.4 Å². The lowest BCUT2D eigenvalue weighted by Gasteiger charge is -2.35. The summed E-state index contributed by atoms with van der Waals surface area (Å²) in [6, 6.07) is 10.2. The number of aromatic nitrogens is 1. The van der Waals surface area contributed by atoms with Gasteiger partial charge in [0.2, 0.25) is 0 Å². The van der Waals surface area contributed by atoms with Crippen molar-refractivity contribution in [2.45, 2.75) is 19.4 Å². The van der Waals surface area contributed by atoms with Gasteiger partial charge in [-0.2, -0.15) is 0 Å². The quantitative estimate of drug-likeness (QED) is 0.860. The molecule has 4 nitrogen and oxygen atoms in total. The summed E-state index contributed by atoms with van der Waals surface area (Å²) in [6.45, 7) is 3.35. The number of aliphatic hydroxyl groups is 1. The molecular weight excluding hydrogens is 296 g/mol. The van der Waals surface area contributed by atoms with E-state index < -0.39 is 0 Å². The highest BCUT2D eigenvalue weighted by atomic mass is 32.1. The van der Waals surface area contributed by atoms with E-state index in [4.69, 9.17) is 4.74 Å². The van der Waals surface area contributed by atoms with Crippen LogP contribution in [0.1, 0.15) is 17.7 Å². The average molecular weight is 318 g/mol. The van der Waals surface area contributed by atoms with E-state index in [0.717, 1.165) is 49.7 Å². The monoisotopic (exact) mass is 318 g/mol. The van der Waals surface area contributed by atoms with Gasteiger partial charge in [0.05, 0.1) is 6.61 Å². The van der Waals surface area contributed by atoms with Crippen LogP contribution in [0, 0.1) is 5.41 Å². The Hall–Kier alpha value is -1.27. The molecule has 22 heavy (non-hydrogen) atoms. The Labute approximate surface area is 135 Å². The molecule has 1 fully saturated rings. The molecule has 1 aromatic carbocycles. The minimum atomic E-state index is -0.0226. The SMILES string of the molecule is OCC1(CNCc2cnc(-c3ccccc3)s2)CCOCC1. The largest absolute Gasteiger partial charge is 0.396 e. The van der Waals surface area contributed by atoms with Crippen molar-refractivity contribution in [1.29, 1.82) is 0 Å². The van der Waals surface area contributed by atoms with Crippen molar-refractivity contribution in [3.05, 3.63) is 41.4 Å². The predicted molar refractivity (Wildman–Crippen MR) is 88.8 cm³/mol. The molecule has 0 aliphatic carbocycles. The lowest BCUT2D eigenvalue weighted by Crippen LogP contribution is -2.41. The number of rotatable bonds is 6. The highest BCUT2D eigenvalue weighted by molar-refractivity contribution is 7.15. The van der Waals surface area contributed by atoms with Gasteiger partial charge in [-0.1, -0.05) is 30.3 Å². The van der Waals surface area contributed by atoms with E-state index in [9.17, 15) is 5.11 Å². The highest BCUT2D eigenvalue weighted by Gasteiger charge is 2.31. The maximum atomic E-state index is 9.69. The van der Waals surface area contributed by atoms with Gasteiger partial charge in [0.15, 0.2) is 0 Å². The third kappa shape index (κ3) is 3.73. The molecule has 2 N–H and O–H groups in total. The summed E-state index contributed by atoms with van der Waals surface area (Å²) in [5.74, 6) is 0. The number of thiazole rings is 1. The average Bonchev–Trinajstić information content (AvgIpc) is 3.05. The first-order chi connectivity index (χ1) is 10.8. The molecule has 0 amide bonds. The topological polar surface area (TPSA) is 54.4 Å². The molecule has 0 radical (unpaired) electrons. The first-order valence-corrected chi connectivity index (χ1v) is 8.52. The van der Waals surface area contributed by atoms with Crippen molar-refractivity contribution >= 4 is 11.3 Å². The van der Waals surface area contributed by atoms with E-state index in [0.29, 0.717) is 0 Å². The van der Waals surface area contributed by atoms with Crippen molar-refractivity contribution < 1.29 is 9.84 Å². The van der Waals surface area contributed by atoms with E-state index in [1.165, 1.54) is 4.88 Å². The molecule has 1 aromatic heterocycles. The maximum Gasteiger partial charge on any atom is 0.123 e. The molecule has 1 aliphatic rings. The molecule has 0 unspecified atom stereocenters. The fourth-order valence-electron chi connectivity index (χ4n) is 2.75. The van der Waals surface area contributed by atoms with Crippen molar-refractivity contribution in [3.8, 4) is 10.6 Å². The van der Waals surface area contributed by atoms with Gasteiger partial charge in [0.1, 0.15) is 5.01 Å². The van der Waals surface area contributed by atoms with Gasteiger partial charge in [-0.05, 0) is 12.8 Å². The first-order valence-electron chi connectivity index (χ1n) is 7.71. The Morgan fingerprint density at radius 3 is 2.73 bits per heavy atom. The third-order valence-corrected chi connectivity index (χ3v) is 5.31. The van der Waals surface area contributed by atoms with Crippen LogP contribution in [0.5, 0.6) is 0 Å². The molecule has 0 saturated carbocycles. The number of benzene rings is 1. The van der Waals surface area contributed by atoms with Crippen LogP contribution in [0.3, 0.4) is 0 Å². The van der Waals surface area contributed by atoms with Crippen molar-refractivity contribution in [1.82, 2.24) is 10.3 Å². The lowest BCUT2D eigenvalue weighted by molar-refractivity contribution is -0.0153. The highest BCUT2D eigenvalue weighted by Crippen LogP contribution is 2.29. The minimum absolute atomic E-state index is 0.0226. The van der Waals surface area contributed by atoms with Crippen LogP contribution in [0.4, 0.5) is 0 Å². The van der Waals surface area contributed by atoms with Crippen molar-refractivity contribution in [2.24, 2.45) is 5.41 Å². The normalized spacial score (nSPS) is 17.5. The predicted octanol–water partition coefficient (Wildman–Crippen LogP) is 2.69. The van der Waals surface area contributed by atoms with E-state index in [2.05, 4.69) is 22.4 Å². The standard InChI is InChI=1S/C17H22N2O2S/c20-13-17(6-8-21-9-7-17)12-18-10-15-11-19-16(22-15)14-4-2-1-3-5-14/h1-5,11,18,20H,6-10,12-13H2. The molecular formula is C17H22N2O2S. The summed E-state index contributed by atoms with van der Waals surface area (Å²) >= 11 is 1.72. The van der Waals surface area contributed by atoms with Crippen molar-refractivity contribution in [2.75, 3.05) is 26.4 Å². The Morgan fingerprint density at radius 2 is 2.00 bits per heavy atom. The third-order valence-electron chi connectivity index (χ3n) is 4.26. The molecule has 2 aromatic rings. The minimum Gasteiger partial charge on any atom is -0.396 e. The van der Waals surface area contributed by atoms with Gasteiger partial charge < -0.3 is 15.2 Å². The maximum absolute atomic E-state index is 9.69. The van der Waals surface area contributed by atoms with E-state index in [1.807, 2.05) is 24.4 Å². The second-order valence-corrected chi connectivity index (χ2v) is 6.99. The number of nitrogens with one attached hydrogen (secondary N) is 1. The van der Waals surface area contributed by atoms with Gasteiger partial charge in [-0.3, -0.25) is 0 Å². The summed E-state index contributed by atoms with van der Waals surface area (Å²) in [4.78, 5) is 5.72. The Balaban J connectivity index is 1.55. The second kappa shape index (κ2) is 7.33. The Kier molecular flexibility index (Phi) is 5.20. The Bertz CT molecular complexity index is 579. The molecule has 3 rings (SSSR count). The number of hydrogen-bond donors (Lipinski definition) is 2. The number of ether oxygens (including phenoxy) is 1. The molecule has 0 spiro atoms. The summed E-state index contributed by atoms with van der Waals surface area (Å²) in [6.07, 6.45) is 3.79. The Morgan fingerprint density at radius 1 is 1.23 bits per heavy atom. The smallest absolute Gasteiger partial charge is 0.123 e. The molecule has 118 valence electrons. The van der Waals surface area contributed by atoms with E-state index in [-0.39, 0.29) is 12.0 Å². The number of nitrogens with zero attached hydrogens (tertiary/aromatic N) is 1. The fraction of sp³-hybridized carbons (Fsp3) is 0.471. The zero-order valence-corrected chi connectivity index (χ0v) is 13.4. The van der Waals surface area contributed by atoms with Crippen LogP contribution >= 0.6 is 11.3 Å². The zero-order chi connectivity index (χ0) is 15.3. The van der Waals surface area contributed by atoms with Crippen LogP contribution in [0.25, 0.3) is 10.6 Å².